The van der Waals surface area contributed by atoms with E-state index in [1.165, 1.54) is 23.9 Å². The molecule has 2 aromatic rings. The topological polar surface area (TPSA) is 38.9 Å². The summed E-state index contributed by atoms with van der Waals surface area (Å²) in [5.41, 5.74) is 7.45. The summed E-state index contributed by atoms with van der Waals surface area (Å²) in [6.45, 7) is 0.395. The Kier molecular flexibility index (Phi) is 4.58. The highest BCUT2D eigenvalue weighted by Crippen LogP contribution is 2.28. The van der Waals surface area contributed by atoms with Crippen molar-refractivity contribution >= 4 is 23.4 Å². The SMILES string of the molecule is NCc1ccc(F)cc1CSc1ncccc1Cl. The molecule has 0 aliphatic rings. The molecule has 94 valence electrons. The molecular formula is C13H12ClFN2S. The first-order chi connectivity index (χ1) is 8.70. The normalized spacial score (nSPS) is 10.6. The van der Waals surface area contributed by atoms with Crippen molar-refractivity contribution in [2.45, 2.75) is 17.3 Å². The summed E-state index contributed by atoms with van der Waals surface area (Å²) in [5, 5.41) is 1.35. The first-order valence-electron chi connectivity index (χ1n) is 5.41. The zero-order valence-electron chi connectivity index (χ0n) is 9.57. The second-order valence-electron chi connectivity index (χ2n) is 3.70. The van der Waals surface area contributed by atoms with Crippen molar-refractivity contribution in [3.63, 3.8) is 0 Å². The summed E-state index contributed by atoms with van der Waals surface area (Å²) in [7, 11) is 0. The molecule has 0 radical (unpaired) electrons. The minimum Gasteiger partial charge on any atom is -0.326 e. The molecule has 2 rings (SSSR count). The molecule has 0 unspecified atom stereocenters. The molecular weight excluding hydrogens is 271 g/mol. The van der Waals surface area contributed by atoms with Crippen molar-refractivity contribution < 1.29 is 4.39 Å². The fourth-order valence-corrected chi connectivity index (χ4v) is 2.74. The molecule has 1 heterocycles. The Morgan fingerprint density at radius 3 is 2.83 bits per heavy atom. The molecule has 0 aliphatic carbocycles. The third-order valence-electron chi connectivity index (χ3n) is 2.48. The van der Waals surface area contributed by atoms with Crippen LogP contribution in [-0.2, 0) is 12.3 Å². The van der Waals surface area contributed by atoms with E-state index in [1.807, 2.05) is 0 Å². The van der Waals surface area contributed by atoms with Crippen LogP contribution in [0.1, 0.15) is 11.1 Å². The van der Waals surface area contributed by atoms with Crippen LogP contribution in [0.15, 0.2) is 41.6 Å². The summed E-state index contributed by atoms with van der Waals surface area (Å²) < 4.78 is 13.2. The van der Waals surface area contributed by atoms with Gasteiger partial charge in [-0.3, -0.25) is 0 Å². The zero-order valence-corrected chi connectivity index (χ0v) is 11.1. The quantitative estimate of drug-likeness (QED) is 0.871. The number of pyridine rings is 1. The van der Waals surface area contributed by atoms with Crippen molar-refractivity contribution in [1.29, 1.82) is 0 Å². The Balaban J connectivity index is 2.15. The number of halogens is 2. The highest BCUT2D eigenvalue weighted by molar-refractivity contribution is 7.98. The average molecular weight is 283 g/mol. The van der Waals surface area contributed by atoms with Crippen molar-refractivity contribution in [3.8, 4) is 0 Å². The van der Waals surface area contributed by atoms with E-state index in [0.29, 0.717) is 17.3 Å². The van der Waals surface area contributed by atoms with E-state index in [4.69, 9.17) is 17.3 Å². The zero-order chi connectivity index (χ0) is 13.0. The number of nitrogens with zero attached hydrogens (tertiary/aromatic N) is 1. The van der Waals surface area contributed by atoms with Crippen LogP contribution in [-0.4, -0.2) is 4.98 Å². The number of rotatable bonds is 4. The molecule has 0 fully saturated rings. The molecule has 1 aromatic carbocycles. The lowest BCUT2D eigenvalue weighted by atomic mass is 10.1. The van der Waals surface area contributed by atoms with Crippen molar-refractivity contribution in [3.05, 3.63) is 58.5 Å². The fourth-order valence-electron chi connectivity index (χ4n) is 1.55. The first kappa shape index (κ1) is 13.3. The van der Waals surface area contributed by atoms with Gasteiger partial charge in [-0.05, 0) is 35.4 Å². The van der Waals surface area contributed by atoms with Gasteiger partial charge in [0, 0.05) is 18.5 Å². The molecule has 0 saturated heterocycles. The van der Waals surface area contributed by atoms with E-state index in [0.717, 1.165) is 16.2 Å². The lowest BCUT2D eigenvalue weighted by Gasteiger charge is -2.08. The molecule has 0 spiro atoms. The number of benzene rings is 1. The monoisotopic (exact) mass is 282 g/mol. The maximum Gasteiger partial charge on any atom is 0.123 e. The molecule has 2 N–H and O–H groups in total. The Hall–Kier alpha value is -1.10. The summed E-state index contributed by atoms with van der Waals surface area (Å²) in [6.07, 6.45) is 1.68. The van der Waals surface area contributed by atoms with Gasteiger partial charge in [0.2, 0.25) is 0 Å². The van der Waals surface area contributed by atoms with Crippen LogP contribution in [0.25, 0.3) is 0 Å². The Bertz CT molecular complexity index is 548. The van der Waals surface area contributed by atoms with Gasteiger partial charge in [-0.2, -0.15) is 0 Å². The second kappa shape index (κ2) is 6.18. The Morgan fingerprint density at radius 1 is 1.28 bits per heavy atom. The van der Waals surface area contributed by atoms with E-state index in [2.05, 4.69) is 4.98 Å². The van der Waals surface area contributed by atoms with Gasteiger partial charge < -0.3 is 5.73 Å². The third-order valence-corrected chi connectivity index (χ3v) is 3.95. The van der Waals surface area contributed by atoms with Crippen LogP contribution in [0.3, 0.4) is 0 Å². The van der Waals surface area contributed by atoms with Crippen LogP contribution in [0.5, 0.6) is 0 Å². The highest BCUT2D eigenvalue weighted by atomic mass is 35.5. The smallest absolute Gasteiger partial charge is 0.123 e. The molecule has 18 heavy (non-hydrogen) atoms. The summed E-state index contributed by atoms with van der Waals surface area (Å²) >= 11 is 7.49. The van der Waals surface area contributed by atoms with Crippen molar-refractivity contribution in [1.82, 2.24) is 4.98 Å². The van der Waals surface area contributed by atoms with E-state index in [1.54, 1.807) is 24.4 Å². The van der Waals surface area contributed by atoms with Crippen LogP contribution in [0.4, 0.5) is 4.39 Å². The van der Waals surface area contributed by atoms with Gasteiger partial charge in [0.1, 0.15) is 10.8 Å². The maximum atomic E-state index is 13.2. The van der Waals surface area contributed by atoms with Crippen LogP contribution in [0.2, 0.25) is 5.02 Å². The van der Waals surface area contributed by atoms with Crippen molar-refractivity contribution in [2.24, 2.45) is 5.73 Å². The molecule has 0 amide bonds. The minimum atomic E-state index is -0.255. The lowest BCUT2D eigenvalue weighted by Crippen LogP contribution is -2.01. The van der Waals surface area contributed by atoms with E-state index in [9.17, 15) is 4.39 Å². The molecule has 0 saturated carbocycles. The molecule has 5 heteroatoms. The highest BCUT2D eigenvalue weighted by Gasteiger charge is 2.06. The largest absolute Gasteiger partial charge is 0.326 e. The van der Waals surface area contributed by atoms with Gasteiger partial charge in [-0.1, -0.05) is 17.7 Å². The summed E-state index contributed by atoms with van der Waals surface area (Å²) in [5.74, 6) is 0.344. The molecule has 0 aliphatic heterocycles. The predicted molar refractivity (Wildman–Crippen MR) is 73.1 cm³/mol. The van der Waals surface area contributed by atoms with E-state index in [-0.39, 0.29) is 5.82 Å². The van der Waals surface area contributed by atoms with Gasteiger partial charge in [0.15, 0.2) is 0 Å². The number of hydrogen-bond donors (Lipinski definition) is 1. The first-order valence-corrected chi connectivity index (χ1v) is 6.77. The molecule has 2 nitrogen and oxygen atoms in total. The van der Waals surface area contributed by atoms with Crippen molar-refractivity contribution in [2.75, 3.05) is 0 Å². The van der Waals surface area contributed by atoms with Gasteiger partial charge in [-0.15, -0.1) is 11.8 Å². The molecule has 0 atom stereocenters. The third kappa shape index (κ3) is 3.22. The number of hydrogen-bond acceptors (Lipinski definition) is 3. The Morgan fingerprint density at radius 2 is 2.11 bits per heavy atom. The summed E-state index contributed by atoms with van der Waals surface area (Å²) in [4.78, 5) is 4.18. The lowest BCUT2D eigenvalue weighted by molar-refractivity contribution is 0.625. The average Bonchev–Trinajstić information content (AvgIpc) is 2.38. The molecule has 1 aromatic heterocycles. The standard InChI is InChI=1S/C13H12ClFN2S/c14-12-2-1-5-17-13(12)18-8-10-6-11(15)4-3-9(10)7-16/h1-6H,7-8,16H2. The van der Waals surface area contributed by atoms with E-state index < -0.39 is 0 Å². The van der Waals surface area contributed by atoms with E-state index >= 15 is 0 Å². The van der Waals surface area contributed by atoms with Gasteiger partial charge in [0.25, 0.3) is 0 Å². The van der Waals surface area contributed by atoms with Gasteiger partial charge in [-0.25, -0.2) is 9.37 Å². The Labute approximate surface area is 114 Å². The van der Waals surface area contributed by atoms with Gasteiger partial charge in [0.05, 0.1) is 5.02 Å². The summed E-state index contributed by atoms with van der Waals surface area (Å²) in [6, 6.07) is 8.20. The van der Waals surface area contributed by atoms with Crippen LogP contribution in [0, 0.1) is 5.82 Å². The number of aromatic nitrogens is 1. The minimum absolute atomic E-state index is 0.255. The number of thioether (sulfide) groups is 1. The van der Waals surface area contributed by atoms with Gasteiger partial charge >= 0.3 is 0 Å². The number of nitrogens with two attached hydrogens (primary N) is 1. The van der Waals surface area contributed by atoms with Crippen LogP contribution < -0.4 is 5.73 Å². The fraction of sp³-hybridized carbons (Fsp3) is 0.154. The van der Waals surface area contributed by atoms with Crippen LogP contribution >= 0.6 is 23.4 Å². The predicted octanol–water partition coefficient (Wildman–Crippen LogP) is 3.63. The second-order valence-corrected chi connectivity index (χ2v) is 5.07. The maximum absolute atomic E-state index is 13.2. The molecule has 0 bridgehead atoms.